The third-order valence-electron chi connectivity index (χ3n) is 3.68. The molecule has 1 aliphatic heterocycles. The highest BCUT2D eigenvalue weighted by atomic mass is 16.5. The molecule has 0 spiro atoms. The van der Waals surface area contributed by atoms with Gasteiger partial charge in [0.1, 0.15) is 5.69 Å². The van der Waals surface area contributed by atoms with Crippen LogP contribution < -0.4 is 0 Å². The largest absolute Gasteiger partial charge is 0.464 e. The predicted molar refractivity (Wildman–Crippen MR) is 75.0 cm³/mol. The summed E-state index contributed by atoms with van der Waals surface area (Å²) in [5, 5.41) is 0. The molecule has 1 aromatic rings. The van der Waals surface area contributed by atoms with Gasteiger partial charge >= 0.3 is 5.97 Å². The number of aryl methyl sites for hydroxylation is 1. The van der Waals surface area contributed by atoms with Crippen LogP contribution in [0.1, 0.15) is 20.8 Å². The van der Waals surface area contributed by atoms with Crippen LogP contribution in [0, 0.1) is 0 Å². The Morgan fingerprint density at radius 2 is 1.85 bits per heavy atom. The highest BCUT2D eigenvalue weighted by Crippen LogP contribution is 2.11. The van der Waals surface area contributed by atoms with Gasteiger partial charge in [0, 0.05) is 45.0 Å². The number of nitrogens with zero attached hydrogens (tertiary/aromatic N) is 3. The number of Topliss-reactive ketones (excluding diaryl/α,β-unsaturated/α-hetero) is 1. The van der Waals surface area contributed by atoms with Crippen molar-refractivity contribution < 1.29 is 14.3 Å². The summed E-state index contributed by atoms with van der Waals surface area (Å²) in [5.41, 5.74) is 0.959. The second kappa shape index (κ2) is 6.19. The molecule has 2 heterocycles. The maximum atomic E-state index is 12.3. The van der Waals surface area contributed by atoms with Gasteiger partial charge in [-0.05, 0) is 13.1 Å². The molecule has 2 rings (SSSR count). The zero-order valence-electron chi connectivity index (χ0n) is 12.3. The Bertz CT molecular complexity index is 502. The molecule has 0 aromatic carbocycles. The second-order valence-corrected chi connectivity index (χ2v) is 5.22. The minimum atomic E-state index is -0.425. The van der Waals surface area contributed by atoms with Crippen LogP contribution in [0.2, 0.25) is 0 Å². The van der Waals surface area contributed by atoms with E-state index in [2.05, 4.69) is 21.6 Å². The minimum absolute atomic E-state index is 0.0420. The number of hydrogen-bond acceptors (Lipinski definition) is 5. The number of methoxy groups -OCH3 is 1. The molecule has 0 unspecified atom stereocenters. The Balaban J connectivity index is 2.01. The van der Waals surface area contributed by atoms with Gasteiger partial charge in [-0.15, -0.1) is 0 Å². The van der Waals surface area contributed by atoms with Crippen molar-refractivity contribution in [2.75, 3.05) is 46.9 Å². The van der Waals surface area contributed by atoms with Crippen LogP contribution in [-0.2, 0) is 11.8 Å². The maximum absolute atomic E-state index is 12.3. The summed E-state index contributed by atoms with van der Waals surface area (Å²) < 4.78 is 6.31. The van der Waals surface area contributed by atoms with Crippen LogP contribution in [-0.4, -0.2) is 73.0 Å². The molecule has 0 saturated carbocycles. The molecule has 110 valence electrons. The van der Waals surface area contributed by atoms with Crippen molar-refractivity contribution in [3.8, 4) is 0 Å². The lowest BCUT2D eigenvalue weighted by molar-refractivity contribution is 0.0590. The van der Waals surface area contributed by atoms with Crippen molar-refractivity contribution in [2.45, 2.75) is 0 Å². The summed E-state index contributed by atoms with van der Waals surface area (Å²) in [7, 11) is 5.15. The molecule has 1 fully saturated rings. The molecule has 20 heavy (non-hydrogen) atoms. The van der Waals surface area contributed by atoms with E-state index >= 15 is 0 Å². The summed E-state index contributed by atoms with van der Waals surface area (Å²) in [5.74, 6) is -0.383. The maximum Gasteiger partial charge on any atom is 0.354 e. The molecule has 0 aliphatic carbocycles. The highest BCUT2D eigenvalue weighted by molar-refractivity contribution is 6.00. The molecule has 0 amide bonds. The van der Waals surface area contributed by atoms with E-state index in [0.717, 1.165) is 26.2 Å². The van der Waals surface area contributed by atoms with E-state index in [1.54, 1.807) is 23.9 Å². The lowest BCUT2D eigenvalue weighted by Crippen LogP contribution is -2.46. The Morgan fingerprint density at radius 3 is 2.45 bits per heavy atom. The van der Waals surface area contributed by atoms with Gasteiger partial charge in [-0.25, -0.2) is 4.79 Å². The number of hydrogen-bond donors (Lipinski definition) is 0. The molecule has 1 aliphatic rings. The molecule has 0 bridgehead atoms. The smallest absolute Gasteiger partial charge is 0.354 e. The number of ether oxygens (including phenoxy) is 1. The number of rotatable bonds is 4. The first kappa shape index (κ1) is 14.7. The molecule has 6 heteroatoms. The van der Waals surface area contributed by atoms with Gasteiger partial charge in [-0.2, -0.15) is 0 Å². The van der Waals surface area contributed by atoms with Crippen LogP contribution in [0.25, 0.3) is 0 Å². The summed E-state index contributed by atoms with van der Waals surface area (Å²) >= 11 is 0. The van der Waals surface area contributed by atoms with Gasteiger partial charge in [-0.3, -0.25) is 9.69 Å². The number of likely N-dealkylation sites (N-methyl/N-ethyl adjacent to an activating group) is 1. The minimum Gasteiger partial charge on any atom is -0.464 e. The van der Waals surface area contributed by atoms with Crippen LogP contribution >= 0.6 is 0 Å². The van der Waals surface area contributed by atoms with E-state index in [1.807, 2.05) is 0 Å². The third-order valence-corrected chi connectivity index (χ3v) is 3.68. The normalized spacial score (nSPS) is 17.1. The van der Waals surface area contributed by atoms with Gasteiger partial charge in [0.25, 0.3) is 0 Å². The first-order valence-electron chi connectivity index (χ1n) is 6.70. The van der Waals surface area contributed by atoms with E-state index < -0.39 is 5.97 Å². The number of piperazine rings is 1. The van der Waals surface area contributed by atoms with Crippen molar-refractivity contribution in [2.24, 2.45) is 7.05 Å². The first-order chi connectivity index (χ1) is 9.51. The third kappa shape index (κ3) is 3.26. The molecule has 6 nitrogen and oxygen atoms in total. The van der Waals surface area contributed by atoms with Gasteiger partial charge < -0.3 is 14.2 Å². The Kier molecular flexibility index (Phi) is 4.57. The van der Waals surface area contributed by atoms with Crippen molar-refractivity contribution in [3.63, 3.8) is 0 Å². The molecule has 1 saturated heterocycles. The molecule has 0 N–H and O–H groups in total. The van der Waals surface area contributed by atoms with Gasteiger partial charge in [0.2, 0.25) is 0 Å². The van der Waals surface area contributed by atoms with Crippen molar-refractivity contribution in [3.05, 3.63) is 23.5 Å². The summed E-state index contributed by atoms with van der Waals surface area (Å²) in [6, 6.07) is 1.60. The lowest BCUT2D eigenvalue weighted by Gasteiger charge is -2.31. The monoisotopic (exact) mass is 279 g/mol. The van der Waals surface area contributed by atoms with Crippen molar-refractivity contribution in [1.82, 2.24) is 14.4 Å². The molecule has 0 radical (unpaired) electrons. The van der Waals surface area contributed by atoms with E-state index in [9.17, 15) is 9.59 Å². The molecular weight excluding hydrogens is 258 g/mol. The SMILES string of the molecule is COC(=O)c1cc(C(=O)CN2CCN(C)CC2)cn1C. The lowest BCUT2D eigenvalue weighted by atomic mass is 10.2. The topological polar surface area (TPSA) is 54.8 Å². The van der Waals surface area contributed by atoms with Crippen molar-refractivity contribution in [1.29, 1.82) is 0 Å². The average molecular weight is 279 g/mol. The Morgan fingerprint density at radius 1 is 1.20 bits per heavy atom. The standard InChI is InChI=1S/C14H21N3O3/c1-15-4-6-17(7-5-15)10-13(18)11-8-12(14(19)20-3)16(2)9-11/h8-9H,4-7,10H2,1-3H3. The van der Waals surface area contributed by atoms with Crippen LogP contribution in [0.4, 0.5) is 0 Å². The molecular formula is C14H21N3O3. The van der Waals surface area contributed by atoms with E-state index in [4.69, 9.17) is 0 Å². The van der Waals surface area contributed by atoms with Gasteiger partial charge in [-0.1, -0.05) is 0 Å². The summed E-state index contributed by atoms with van der Waals surface area (Å²) in [6.45, 7) is 4.17. The fraction of sp³-hybridized carbons (Fsp3) is 0.571. The fourth-order valence-corrected chi connectivity index (χ4v) is 2.32. The number of aromatic nitrogens is 1. The van der Waals surface area contributed by atoms with Crippen molar-refractivity contribution >= 4 is 11.8 Å². The Labute approximate surface area is 118 Å². The second-order valence-electron chi connectivity index (χ2n) is 5.22. The Hall–Kier alpha value is -1.66. The van der Waals surface area contributed by atoms with Gasteiger partial charge in [0.15, 0.2) is 5.78 Å². The predicted octanol–water partition coefficient (Wildman–Crippen LogP) is 0.242. The summed E-state index contributed by atoms with van der Waals surface area (Å²) in [6.07, 6.45) is 1.69. The summed E-state index contributed by atoms with van der Waals surface area (Å²) in [4.78, 5) is 28.2. The number of carbonyl (C=O) groups is 2. The van der Waals surface area contributed by atoms with Gasteiger partial charge in [0.05, 0.1) is 13.7 Å². The van der Waals surface area contributed by atoms with E-state index in [0.29, 0.717) is 17.8 Å². The number of carbonyl (C=O) groups excluding carboxylic acids is 2. The highest BCUT2D eigenvalue weighted by Gasteiger charge is 2.20. The molecule has 0 atom stereocenters. The van der Waals surface area contributed by atoms with E-state index in [-0.39, 0.29) is 5.78 Å². The van der Waals surface area contributed by atoms with Crippen LogP contribution in [0.5, 0.6) is 0 Å². The quantitative estimate of drug-likeness (QED) is 0.584. The van der Waals surface area contributed by atoms with Crippen LogP contribution in [0.3, 0.4) is 0 Å². The van der Waals surface area contributed by atoms with Crippen LogP contribution in [0.15, 0.2) is 12.3 Å². The van der Waals surface area contributed by atoms with E-state index in [1.165, 1.54) is 7.11 Å². The number of esters is 1. The zero-order chi connectivity index (χ0) is 14.7. The average Bonchev–Trinajstić information content (AvgIpc) is 2.82. The fourth-order valence-electron chi connectivity index (χ4n) is 2.32. The zero-order valence-corrected chi connectivity index (χ0v) is 12.3. The molecule has 1 aromatic heterocycles. The first-order valence-corrected chi connectivity index (χ1v) is 6.70. The number of ketones is 1.